The number of aliphatic hydroxyl groups excluding tert-OH is 2. The van der Waals surface area contributed by atoms with Crippen LogP contribution in [0.5, 0.6) is 0 Å². The van der Waals surface area contributed by atoms with Crippen LogP contribution in [0.25, 0.3) is 0 Å². The van der Waals surface area contributed by atoms with Gasteiger partial charge in [0.05, 0.1) is 18.8 Å². The normalized spacial score (nSPS) is 14.1. The molecule has 4 heteroatoms. The molecular weight excluding hydrogens is 506 g/mol. The number of hydrogen-bond donors (Lipinski definition) is 3. The molecule has 0 saturated heterocycles. The summed E-state index contributed by atoms with van der Waals surface area (Å²) < 4.78 is 0. The molecule has 41 heavy (non-hydrogen) atoms. The smallest absolute Gasteiger partial charge is 0.220 e. The van der Waals surface area contributed by atoms with Gasteiger partial charge in [-0.25, -0.2) is 0 Å². The maximum Gasteiger partial charge on any atom is 0.220 e. The molecule has 0 aromatic carbocycles. The summed E-state index contributed by atoms with van der Waals surface area (Å²) in [4.78, 5) is 12.2. The molecule has 4 nitrogen and oxygen atoms in total. The van der Waals surface area contributed by atoms with E-state index in [4.69, 9.17) is 0 Å². The van der Waals surface area contributed by atoms with Gasteiger partial charge in [0.15, 0.2) is 0 Å². The third kappa shape index (κ3) is 29.1. The van der Waals surface area contributed by atoms with Crippen molar-refractivity contribution in [2.24, 2.45) is 0 Å². The van der Waals surface area contributed by atoms with Gasteiger partial charge in [-0.05, 0) is 51.4 Å². The molecule has 0 spiro atoms. The van der Waals surface area contributed by atoms with Crippen LogP contribution < -0.4 is 5.32 Å². The van der Waals surface area contributed by atoms with E-state index in [2.05, 4.69) is 86.0 Å². The zero-order chi connectivity index (χ0) is 30.1. The number of nitrogens with one attached hydrogen (secondary N) is 1. The van der Waals surface area contributed by atoms with Crippen LogP contribution in [-0.2, 0) is 4.79 Å². The minimum Gasteiger partial charge on any atom is -0.394 e. The molecule has 3 N–H and O–H groups in total. The predicted molar refractivity (Wildman–Crippen MR) is 179 cm³/mol. The Morgan fingerprint density at radius 2 is 1.02 bits per heavy atom. The molecular formula is C37H63NO3. The topological polar surface area (TPSA) is 69.6 Å². The summed E-state index contributed by atoms with van der Waals surface area (Å²) in [5.41, 5.74) is 0. The van der Waals surface area contributed by atoms with E-state index in [0.29, 0.717) is 19.3 Å². The van der Waals surface area contributed by atoms with Gasteiger partial charge in [0.1, 0.15) is 0 Å². The zero-order valence-electron chi connectivity index (χ0n) is 26.5. The molecule has 0 bridgehead atoms. The summed E-state index contributed by atoms with van der Waals surface area (Å²) in [5, 5.41) is 22.8. The van der Waals surface area contributed by atoms with Crippen LogP contribution >= 0.6 is 0 Å². The van der Waals surface area contributed by atoms with Gasteiger partial charge in [0.25, 0.3) is 0 Å². The highest BCUT2D eigenvalue weighted by atomic mass is 16.3. The monoisotopic (exact) mass is 569 g/mol. The molecule has 2 atom stereocenters. The molecule has 1 amide bonds. The predicted octanol–water partition coefficient (Wildman–Crippen LogP) is 9.61. The standard InChI is InChI=1S/C37H63NO3/c1-3-5-7-9-11-13-15-16-17-18-19-20-21-22-23-25-27-29-31-33-37(41)38-35(34-39)36(40)32-30-28-26-24-14-12-10-8-6-4-2/h5,7,11,13,16-17,19-20,22-23,27,29,35-36,39-40H,3-4,6,8-10,12,14-15,18,21,24-26,28,30-34H2,1-2H3,(H,38,41)/b7-5-,13-11-,17-16-,20-19-,23-22-,29-27-. The minimum absolute atomic E-state index is 0.120. The third-order valence-electron chi connectivity index (χ3n) is 7.00. The minimum atomic E-state index is -0.691. The highest BCUT2D eigenvalue weighted by Crippen LogP contribution is 2.13. The average Bonchev–Trinajstić information content (AvgIpc) is 2.97. The zero-order valence-corrected chi connectivity index (χ0v) is 26.5. The lowest BCUT2D eigenvalue weighted by Gasteiger charge is -2.22. The summed E-state index contributed by atoms with van der Waals surface area (Å²) in [6.07, 6.45) is 45.3. The lowest BCUT2D eigenvalue weighted by Crippen LogP contribution is -2.45. The van der Waals surface area contributed by atoms with Crippen molar-refractivity contribution in [1.29, 1.82) is 0 Å². The van der Waals surface area contributed by atoms with E-state index >= 15 is 0 Å². The van der Waals surface area contributed by atoms with Gasteiger partial charge in [0, 0.05) is 6.42 Å². The Labute approximate surface area is 253 Å². The molecule has 0 aliphatic carbocycles. The Morgan fingerprint density at radius 3 is 1.46 bits per heavy atom. The molecule has 0 aromatic rings. The van der Waals surface area contributed by atoms with Crippen molar-refractivity contribution in [2.45, 2.75) is 148 Å². The summed E-state index contributed by atoms with van der Waals surface area (Å²) in [7, 11) is 0. The van der Waals surface area contributed by atoms with E-state index in [-0.39, 0.29) is 12.5 Å². The molecule has 0 aliphatic heterocycles. The number of allylic oxidation sites excluding steroid dienone is 12. The van der Waals surface area contributed by atoms with E-state index in [0.717, 1.165) is 51.4 Å². The van der Waals surface area contributed by atoms with Crippen LogP contribution in [0.3, 0.4) is 0 Å². The van der Waals surface area contributed by atoms with Crippen molar-refractivity contribution in [3.05, 3.63) is 72.9 Å². The molecule has 0 heterocycles. The van der Waals surface area contributed by atoms with Crippen molar-refractivity contribution in [3.63, 3.8) is 0 Å². The summed E-state index contributed by atoms with van der Waals surface area (Å²) in [6, 6.07) is -0.577. The van der Waals surface area contributed by atoms with Gasteiger partial charge in [0.2, 0.25) is 5.91 Å². The number of carbonyl (C=O) groups is 1. The second kappa shape index (κ2) is 32.3. The highest BCUT2D eigenvalue weighted by molar-refractivity contribution is 5.76. The van der Waals surface area contributed by atoms with Crippen molar-refractivity contribution >= 4 is 5.91 Å². The number of aliphatic hydroxyl groups is 2. The molecule has 0 saturated carbocycles. The maximum absolute atomic E-state index is 12.2. The number of carbonyl (C=O) groups excluding carboxylic acids is 1. The van der Waals surface area contributed by atoms with Crippen molar-refractivity contribution in [3.8, 4) is 0 Å². The van der Waals surface area contributed by atoms with Crippen LogP contribution in [0.4, 0.5) is 0 Å². The number of amides is 1. The van der Waals surface area contributed by atoms with Gasteiger partial charge in [-0.1, -0.05) is 151 Å². The van der Waals surface area contributed by atoms with Crippen LogP contribution in [0.15, 0.2) is 72.9 Å². The summed E-state index contributed by atoms with van der Waals surface area (Å²) in [5.74, 6) is -0.120. The Hall–Kier alpha value is -2.17. The van der Waals surface area contributed by atoms with Crippen LogP contribution in [0.2, 0.25) is 0 Å². The molecule has 0 aliphatic rings. The van der Waals surface area contributed by atoms with E-state index in [1.54, 1.807) is 0 Å². The third-order valence-corrected chi connectivity index (χ3v) is 7.00. The number of hydrogen-bond acceptors (Lipinski definition) is 3. The Morgan fingerprint density at radius 1 is 0.610 bits per heavy atom. The van der Waals surface area contributed by atoms with Crippen molar-refractivity contribution in [1.82, 2.24) is 5.32 Å². The van der Waals surface area contributed by atoms with Gasteiger partial charge >= 0.3 is 0 Å². The first-order valence-electron chi connectivity index (χ1n) is 16.6. The lowest BCUT2D eigenvalue weighted by molar-refractivity contribution is -0.123. The molecule has 234 valence electrons. The molecule has 0 radical (unpaired) electrons. The van der Waals surface area contributed by atoms with E-state index in [1.165, 1.54) is 51.4 Å². The van der Waals surface area contributed by atoms with Gasteiger partial charge in [-0.15, -0.1) is 0 Å². The molecule has 0 aromatic heterocycles. The van der Waals surface area contributed by atoms with Crippen LogP contribution in [0.1, 0.15) is 136 Å². The van der Waals surface area contributed by atoms with Crippen molar-refractivity contribution in [2.75, 3.05) is 6.61 Å². The maximum atomic E-state index is 12.2. The first-order valence-corrected chi connectivity index (χ1v) is 16.6. The molecule has 2 unspecified atom stereocenters. The van der Waals surface area contributed by atoms with E-state index < -0.39 is 12.1 Å². The van der Waals surface area contributed by atoms with E-state index in [1.807, 2.05) is 6.08 Å². The number of rotatable bonds is 28. The largest absolute Gasteiger partial charge is 0.394 e. The number of unbranched alkanes of at least 4 members (excludes halogenated alkanes) is 9. The van der Waals surface area contributed by atoms with Crippen LogP contribution in [-0.4, -0.2) is 34.9 Å². The lowest BCUT2D eigenvalue weighted by atomic mass is 10.0. The second-order valence-electron chi connectivity index (χ2n) is 10.8. The molecule has 0 rings (SSSR count). The van der Waals surface area contributed by atoms with Gasteiger partial charge in [-0.3, -0.25) is 4.79 Å². The fourth-order valence-electron chi connectivity index (χ4n) is 4.44. The van der Waals surface area contributed by atoms with Crippen molar-refractivity contribution < 1.29 is 15.0 Å². The average molecular weight is 570 g/mol. The fraction of sp³-hybridized carbons (Fsp3) is 0.649. The quantitative estimate of drug-likeness (QED) is 0.0649. The highest BCUT2D eigenvalue weighted by Gasteiger charge is 2.19. The second-order valence-corrected chi connectivity index (χ2v) is 10.8. The van der Waals surface area contributed by atoms with Gasteiger partial charge in [-0.2, -0.15) is 0 Å². The van der Waals surface area contributed by atoms with Gasteiger partial charge < -0.3 is 15.5 Å². The first kappa shape index (κ1) is 38.8. The van der Waals surface area contributed by atoms with E-state index in [9.17, 15) is 15.0 Å². The summed E-state index contributed by atoms with van der Waals surface area (Å²) >= 11 is 0. The Kier molecular flexibility index (Phi) is 30.6. The SMILES string of the molecule is CC/C=C\C/C=C\C/C=C\C/C=C\C/C=C\C/C=C\CCC(=O)NC(CO)C(O)CCCCCCCCCCCC. The van der Waals surface area contributed by atoms with Crippen LogP contribution in [0, 0.1) is 0 Å². The Balaban J connectivity index is 3.80. The summed E-state index contributed by atoms with van der Waals surface area (Å²) in [6.45, 7) is 4.16. The molecule has 0 fully saturated rings. The Bertz CT molecular complexity index is 747. The fourth-order valence-corrected chi connectivity index (χ4v) is 4.44. The first-order chi connectivity index (χ1) is 20.2.